The lowest BCUT2D eigenvalue weighted by Crippen LogP contribution is -2.48. The van der Waals surface area contributed by atoms with Crippen molar-refractivity contribution in [3.05, 3.63) is 0 Å². The Balaban J connectivity index is 1.38. The second-order valence-corrected chi connectivity index (χ2v) is 8.34. The molecule has 1 aliphatic carbocycles. The van der Waals surface area contributed by atoms with Gasteiger partial charge in [-0.1, -0.05) is 19.3 Å². The number of hydrogen-bond acceptors (Lipinski definition) is 3. The zero-order chi connectivity index (χ0) is 17.8. The lowest BCUT2D eigenvalue weighted by atomic mass is 9.75. The van der Waals surface area contributed by atoms with E-state index in [1.807, 2.05) is 18.7 Å². The van der Waals surface area contributed by atoms with Crippen molar-refractivity contribution in [3.8, 4) is 0 Å². The van der Waals surface area contributed by atoms with Crippen molar-refractivity contribution in [2.45, 2.75) is 77.4 Å². The quantitative estimate of drug-likeness (QED) is 0.783. The number of likely N-dealkylation sites (tertiary alicyclic amines) is 1. The van der Waals surface area contributed by atoms with Gasteiger partial charge in [0.15, 0.2) is 0 Å². The number of nitrogens with zero attached hydrogens (tertiary/aromatic N) is 2. The summed E-state index contributed by atoms with van der Waals surface area (Å²) >= 11 is 0. The van der Waals surface area contributed by atoms with E-state index in [4.69, 9.17) is 4.74 Å². The maximum atomic E-state index is 12.5. The van der Waals surface area contributed by atoms with Crippen molar-refractivity contribution >= 4 is 11.8 Å². The lowest BCUT2D eigenvalue weighted by Gasteiger charge is -2.41. The van der Waals surface area contributed by atoms with Gasteiger partial charge in [0.25, 0.3) is 0 Å². The number of carbonyl (C=O) groups excluding carboxylic acids is 2. The summed E-state index contributed by atoms with van der Waals surface area (Å²) in [5, 5.41) is 0. The molecule has 2 aliphatic heterocycles. The molecule has 2 heterocycles. The van der Waals surface area contributed by atoms with Crippen LogP contribution in [-0.2, 0) is 14.3 Å². The molecular weight excluding hydrogens is 316 g/mol. The Bertz CT molecular complexity index is 472. The van der Waals surface area contributed by atoms with Crippen LogP contribution in [0.4, 0.5) is 0 Å². The Morgan fingerprint density at radius 3 is 2.12 bits per heavy atom. The smallest absolute Gasteiger partial charge is 0.222 e. The van der Waals surface area contributed by atoms with Gasteiger partial charge in [-0.3, -0.25) is 9.59 Å². The normalized spacial score (nSPS) is 33.0. The van der Waals surface area contributed by atoms with E-state index in [0.717, 1.165) is 24.9 Å². The maximum Gasteiger partial charge on any atom is 0.222 e. The third-order valence-electron chi connectivity index (χ3n) is 6.20. The summed E-state index contributed by atoms with van der Waals surface area (Å²) in [7, 11) is 0. The Kier molecular flexibility index (Phi) is 6.37. The molecule has 142 valence electrons. The fourth-order valence-electron chi connectivity index (χ4n) is 4.92. The highest BCUT2D eigenvalue weighted by molar-refractivity contribution is 5.79. The highest BCUT2D eigenvalue weighted by atomic mass is 16.5. The zero-order valence-corrected chi connectivity index (χ0v) is 15.9. The van der Waals surface area contributed by atoms with Gasteiger partial charge in [0.1, 0.15) is 0 Å². The molecule has 0 radical (unpaired) electrons. The highest BCUT2D eigenvalue weighted by Crippen LogP contribution is 2.36. The summed E-state index contributed by atoms with van der Waals surface area (Å²) in [6.45, 7) is 7.24. The van der Waals surface area contributed by atoms with E-state index >= 15 is 0 Å². The number of ether oxygens (including phenoxy) is 1. The standard InChI is InChI=1S/C20H34N2O3/c1-15-12-22(13-16(2)25-15)20(24)9-5-8-19(23)21-11-10-17-6-3-4-7-18(17)14-21/h15-18H,3-14H2,1-2H3/t15-,16-,17?,18?/m1/s1. The van der Waals surface area contributed by atoms with Crippen molar-refractivity contribution in [1.29, 1.82) is 0 Å². The van der Waals surface area contributed by atoms with E-state index in [1.54, 1.807) is 0 Å². The van der Waals surface area contributed by atoms with E-state index in [2.05, 4.69) is 4.90 Å². The van der Waals surface area contributed by atoms with Crippen molar-refractivity contribution < 1.29 is 14.3 Å². The summed E-state index contributed by atoms with van der Waals surface area (Å²) < 4.78 is 5.68. The van der Waals surface area contributed by atoms with Crippen LogP contribution in [0, 0.1) is 11.8 Å². The van der Waals surface area contributed by atoms with Crippen molar-refractivity contribution in [2.24, 2.45) is 11.8 Å². The second kappa shape index (κ2) is 8.52. The van der Waals surface area contributed by atoms with E-state index in [1.165, 1.54) is 32.1 Å². The Labute approximate surface area is 152 Å². The third kappa shape index (κ3) is 4.96. The van der Waals surface area contributed by atoms with Crippen molar-refractivity contribution in [1.82, 2.24) is 9.80 Å². The number of piperidine rings is 1. The number of carbonyl (C=O) groups is 2. The molecule has 2 amide bonds. The van der Waals surface area contributed by atoms with Crippen LogP contribution in [0.5, 0.6) is 0 Å². The van der Waals surface area contributed by atoms with E-state index in [0.29, 0.717) is 32.4 Å². The predicted molar refractivity (Wildman–Crippen MR) is 97.1 cm³/mol. The van der Waals surface area contributed by atoms with Gasteiger partial charge >= 0.3 is 0 Å². The van der Waals surface area contributed by atoms with Crippen LogP contribution < -0.4 is 0 Å². The second-order valence-electron chi connectivity index (χ2n) is 8.34. The molecule has 0 aromatic rings. The topological polar surface area (TPSA) is 49.9 Å². The molecule has 5 nitrogen and oxygen atoms in total. The van der Waals surface area contributed by atoms with Gasteiger partial charge in [-0.2, -0.15) is 0 Å². The number of amides is 2. The minimum atomic E-state index is 0.103. The third-order valence-corrected chi connectivity index (χ3v) is 6.20. The molecule has 0 N–H and O–H groups in total. The van der Waals surface area contributed by atoms with E-state index < -0.39 is 0 Å². The monoisotopic (exact) mass is 350 g/mol. The molecule has 3 fully saturated rings. The molecule has 4 atom stereocenters. The summed E-state index contributed by atoms with van der Waals surface area (Å²) in [5.41, 5.74) is 0. The van der Waals surface area contributed by atoms with Crippen LogP contribution in [0.15, 0.2) is 0 Å². The summed E-state index contributed by atoms with van der Waals surface area (Å²) in [4.78, 5) is 28.9. The fourth-order valence-corrected chi connectivity index (χ4v) is 4.92. The number of morpholine rings is 1. The molecule has 5 heteroatoms. The zero-order valence-electron chi connectivity index (χ0n) is 15.9. The molecule has 2 unspecified atom stereocenters. The Hall–Kier alpha value is -1.10. The number of rotatable bonds is 4. The molecule has 0 aromatic carbocycles. The summed E-state index contributed by atoms with van der Waals surface area (Å²) in [6.07, 6.45) is 8.39. The average Bonchev–Trinajstić information content (AvgIpc) is 2.60. The molecule has 3 aliphatic rings. The Morgan fingerprint density at radius 1 is 0.840 bits per heavy atom. The highest BCUT2D eigenvalue weighted by Gasteiger charge is 2.32. The molecule has 0 spiro atoms. The van der Waals surface area contributed by atoms with Crippen LogP contribution in [-0.4, -0.2) is 60.0 Å². The van der Waals surface area contributed by atoms with Gasteiger partial charge < -0.3 is 14.5 Å². The molecular formula is C20H34N2O3. The van der Waals surface area contributed by atoms with E-state index in [9.17, 15) is 9.59 Å². The fraction of sp³-hybridized carbons (Fsp3) is 0.900. The summed E-state index contributed by atoms with van der Waals surface area (Å²) in [5.74, 6) is 2.00. The van der Waals surface area contributed by atoms with Crippen LogP contribution in [0.3, 0.4) is 0 Å². The average molecular weight is 351 g/mol. The van der Waals surface area contributed by atoms with Crippen LogP contribution in [0.25, 0.3) is 0 Å². The first-order valence-corrected chi connectivity index (χ1v) is 10.2. The minimum Gasteiger partial charge on any atom is -0.372 e. The van der Waals surface area contributed by atoms with Crippen LogP contribution in [0.2, 0.25) is 0 Å². The lowest BCUT2D eigenvalue weighted by molar-refractivity contribution is -0.143. The van der Waals surface area contributed by atoms with Gasteiger partial charge in [0.05, 0.1) is 12.2 Å². The molecule has 0 bridgehead atoms. The number of fused-ring (bicyclic) bond motifs is 1. The van der Waals surface area contributed by atoms with Crippen LogP contribution >= 0.6 is 0 Å². The first-order chi connectivity index (χ1) is 12.0. The predicted octanol–water partition coefficient (Wildman–Crippen LogP) is 2.83. The van der Waals surface area contributed by atoms with Gasteiger partial charge in [0.2, 0.25) is 11.8 Å². The molecule has 25 heavy (non-hydrogen) atoms. The maximum absolute atomic E-state index is 12.5. The van der Waals surface area contributed by atoms with Gasteiger partial charge in [-0.15, -0.1) is 0 Å². The van der Waals surface area contributed by atoms with E-state index in [-0.39, 0.29) is 24.0 Å². The molecule has 3 rings (SSSR count). The van der Waals surface area contributed by atoms with Crippen molar-refractivity contribution in [3.63, 3.8) is 0 Å². The van der Waals surface area contributed by atoms with Gasteiger partial charge in [-0.05, 0) is 44.9 Å². The minimum absolute atomic E-state index is 0.103. The largest absolute Gasteiger partial charge is 0.372 e. The molecule has 2 saturated heterocycles. The molecule has 1 saturated carbocycles. The summed E-state index contributed by atoms with van der Waals surface area (Å²) in [6, 6.07) is 0. The van der Waals surface area contributed by atoms with Crippen molar-refractivity contribution in [2.75, 3.05) is 26.2 Å². The van der Waals surface area contributed by atoms with Gasteiger partial charge in [0, 0.05) is 39.0 Å². The first-order valence-electron chi connectivity index (χ1n) is 10.2. The van der Waals surface area contributed by atoms with Gasteiger partial charge in [-0.25, -0.2) is 0 Å². The SMILES string of the molecule is C[C@@H]1CN(C(=O)CCCC(=O)N2CCC3CCCCC3C2)C[C@@H](C)O1. The van der Waals surface area contributed by atoms with Crippen LogP contribution in [0.1, 0.15) is 65.2 Å². The molecule has 0 aromatic heterocycles. The first kappa shape index (κ1) is 18.7. The number of hydrogen-bond donors (Lipinski definition) is 0. The Morgan fingerprint density at radius 2 is 1.44 bits per heavy atom.